The van der Waals surface area contributed by atoms with Gasteiger partial charge in [-0.25, -0.2) is 0 Å². The lowest BCUT2D eigenvalue weighted by molar-refractivity contribution is -0.121. The van der Waals surface area contributed by atoms with Gasteiger partial charge in [0.15, 0.2) is 0 Å². The number of hydrogen-bond donors (Lipinski definition) is 1. The van der Waals surface area contributed by atoms with Crippen LogP contribution in [0.25, 0.3) is 0 Å². The molecular formula is C22H25N3O3. The van der Waals surface area contributed by atoms with Crippen LogP contribution in [0, 0.1) is 0 Å². The lowest BCUT2D eigenvalue weighted by atomic mass is 10.1. The van der Waals surface area contributed by atoms with Gasteiger partial charge in [-0.1, -0.05) is 56.3 Å². The third kappa shape index (κ3) is 3.97. The molecule has 0 radical (unpaired) electrons. The molecule has 0 aliphatic carbocycles. The molecule has 0 saturated heterocycles. The first-order valence-electron chi connectivity index (χ1n) is 9.57. The van der Waals surface area contributed by atoms with Crippen molar-refractivity contribution in [3.8, 4) is 0 Å². The first kappa shape index (κ1) is 19.8. The highest BCUT2D eigenvalue weighted by molar-refractivity contribution is 6.22. The van der Waals surface area contributed by atoms with Gasteiger partial charge in [-0.2, -0.15) is 0 Å². The summed E-state index contributed by atoms with van der Waals surface area (Å²) in [6.07, 6.45) is 0. The van der Waals surface area contributed by atoms with Crippen LogP contribution >= 0.6 is 0 Å². The first-order valence-corrected chi connectivity index (χ1v) is 9.57. The molecule has 0 saturated carbocycles. The Morgan fingerprint density at radius 3 is 2.00 bits per heavy atom. The second-order valence-corrected chi connectivity index (χ2v) is 6.69. The van der Waals surface area contributed by atoms with E-state index in [1.54, 1.807) is 24.3 Å². The maximum absolute atomic E-state index is 12.5. The molecule has 146 valence electrons. The summed E-state index contributed by atoms with van der Waals surface area (Å²) in [5.74, 6) is -1.18. The monoisotopic (exact) mass is 379 g/mol. The van der Waals surface area contributed by atoms with Crippen molar-refractivity contribution in [2.24, 2.45) is 0 Å². The van der Waals surface area contributed by atoms with Gasteiger partial charge >= 0.3 is 0 Å². The Morgan fingerprint density at radius 1 is 0.929 bits per heavy atom. The summed E-state index contributed by atoms with van der Waals surface area (Å²) in [7, 11) is 0. The third-order valence-corrected chi connectivity index (χ3v) is 5.11. The average Bonchev–Trinajstić information content (AvgIpc) is 2.97. The second kappa shape index (κ2) is 8.80. The van der Waals surface area contributed by atoms with Crippen LogP contribution in [-0.2, 0) is 4.79 Å². The van der Waals surface area contributed by atoms with E-state index in [0.717, 1.165) is 23.6 Å². The number of benzene rings is 2. The standard InChI is InChI=1S/C22H25N3O3/c1-3-24(4-2)19(16-10-6-5-7-11-16)14-23-20(26)15-25-21(27)17-12-8-9-13-18(17)22(25)28/h5-13,19H,3-4,14-15H2,1-2H3,(H,23,26)/t19-/m1/s1. The summed E-state index contributed by atoms with van der Waals surface area (Å²) in [4.78, 5) is 40.6. The largest absolute Gasteiger partial charge is 0.353 e. The van der Waals surface area contributed by atoms with Crippen molar-refractivity contribution in [2.75, 3.05) is 26.2 Å². The lowest BCUT2D eigenvalue weighted by Gasteiger charge is -2.30. The van der Waals surface area contributed by atoms with Gasteiger partial charge in [0.2, 0.25) is 5.91 Å². The minimum atomic E-state index is -0.417. The van der Waals surface area contributed by atoms with E-state index in [-0.39, 0.29) is 18.5 Å². The van der Waals surface area contributed by atoms with Crippen LogP contribution in [0.1, 0.15) is 46.2 Å². The zero-order valence-electron chi connectivity index (χ0n) is 16.2. The summed E-state index contributed by atoms with van der Waals surface area (Å²) in [5.41, 5.74) is 1.82. The van der Waals surface area contributed by atoms with Gasteiger partial charge < -0.3 is 5.32 Å². The van der Waals surface area contributed by atoms with Gasteiger partial charge in [-0.05, 0) is 30.8 Å². The van der Waals surface area contributed by atoms with Crippen LogP contribution in [0.5, 0.6) is 0 Å². The fourth-order valence-electron chi connectivity index (χ4n) is 3.59. The van der Waals surface area contributed by atoms with Crippen molar-refractivity contribution >= 4 is 17.7 Å². The minimum Gasteiger partial charge on any atom is -0.353 e. The van der Waals surface area contributed by atoms with E-state index in [1.807, 2.05) is 30.3 Å². The summed E-state index contributed by atoms with van der Waals surface area (Å²) >= 11 is 0. The van der Waals surface area contributed by atoms with E-state index in [4.69, 9.17) is 0 Å². The van der Waals surface area contributed by atoms with Crippen molar-refractivity contribution in [1.82, 2.24) is 15.1 Å². The maximum Gasteiger partial charge on any atom is 0.262 e. The Labute approximate surface area is 165 Å². The van der Waals surface area contributed by atoms with Crippen LogP contribution in [0.2, 0.25) is 0 Å². The van der Waals surface area contributed by atoms with Gasteiger partial charge in [0.05, 0.1) is 17.2 Å². The summed E-state index contributed by atoms with van der Waals surface area (Å²) in [5, 5.41) is 2.90. The highest BCUT2D eigenvalue weighted by Crippen LogP contribution is 2.22. The molecule has 2 aromatic carbocycles. The second-order valence-electron chi connectivity index (χ2n) is 6.69. The highest BCUT2D eigenvalue weighted by Gasteiger charge is 2.36. The minimum absolute atomic E-state index is 0.0299. The van der Waals surface area contributed by atoms with Crippen molar-refractivity contribution in [3.05, 3.63) is 71.3 Å². The molecule has 3 rings (SSSR count). The van der Waals surface area contributed by atoms with E-state index in [2.05, 4.69) is 24.1 Å². The average molecular weight is 379 g/mol. The Bertz CT molecular complexity index is 827. The van der Waals surface area contributed by atoms with Gasteiger partial charge in [-0.15, -0.1) is 0 Å². The molecule has 28 heavy (non-hydrogen) atoms. The van der Waals surface area contributed by atoms with Gasteiger partial charge in [0, 0.05) is 6.54 Å². The third-order valence-electron chi connectivity index (χ3n) is 5.11. The number of hydrogen-bond acceptors (Lipinski definition) is 4. The van der Waals surface area contributed by atoms with E-state index in [1.165, 1.54) is 0 Å². The molecule has 6 heteroatoms. The predicted molar refractivity (Wildman–Crippen MR) is 107 cm³/mol. The van der Waals surface area contributed by atoms with Crippen molar-refractivity contribution < 1.29 is 14.4 Å². The molecule has 1 heterocycles. The fraction of sp³-hybridized carbons (Fsp3) is 0.318. The predicted octanol–water partition coefficient (Wildman–Crippen LogP) is 2.48. The fourth-order valence-corrected chi connectivity index (χ4v) is 3.59. The molecule has 0 unspecified atom stereocenters. The van der Waals surface area contributed by atoms with Crippen molar-refractivity contribution in [3.63, 3.8) is 0 Å². The quantitative estimate of drug-likeness (QED) is 0.716. The molecule has 0 bridgehead atoms. The topological polar surface area (TPSA) is 69.7 Å². The van der Waals surface area contributed by atoms with E-state index >= 15 is 0 Å². The number of fused-ring (bicyclic) bond motifs is 1. The number of likely N-dealkylation sites (N-methyl/N-ethyl adjacent to an activating group) is 1. The molecule has 0 spiro atoms. The molecule has 0 aromatic heterocycles. The van der Waals surface area contributed by atoms with Crippen LogP contribution in [-0.4, -0.2) is 53.7 Å². The molecule has 1 N–H and O–H groups in total. The first-order chi connectivity index (χ1) is 13.6. The van der Waals surface area contributed by atoms with Crippen LogP contribution < -0.4 is 5.32 Å². The molecular weight excluding hydrogens is 354 g/mol. The molecule has 1 aliphatic heterocycles. The van der Waals surface area contributed by atoms with Gasteiger partial charge in [0.1, 0.15) is 6.54 Å². The Hall–Kier alpha value is -2.99. The normalized spacial score (nSPS) is 14.3. The number of carbonyl (C=O) groups excluding carboxylic acids is 3. The highest BCUT2D eigenvalue weighted by atomic mass is 16.2. The smallest absolute Gasteiger partial charge is 0.262 e. The van der Waals surface area contributed by atoms with Crippen LogP contribution in [0.3, 0.4) is 0 Å². The Kier molecular flexibility index (Phi) is 6.21. The summed E-state index contributed by atoms with van der Waals surface area (Å²) in [6, 6.07) is 16.7. The van der Waals surface area contributed by atoms with Crippen LogP contribution in [0.4, 0.5) is 0 Å². The maximum atomic E-state index is 12.5. The Balaban J connectivity index is 1.66. The molecule has 3 amide bonds. The number of imide groups is 1. The van der Waals surface area contributed by atoms with E-state index < -0.39 is 11.8 Å². The lowest BCUT2D eigenvalue weighted by Crippen LogP contribution is -2.43. The summed E-state index contributed by atoms with van der Waals surface area (Å²) < 4.78 is 0. The molecule has 2 aromatic rings. The van der Waals surface area contributed by atoms with E-state index in [0.29, 0.717) is 17.7 Å². The number of rotatable bonds is 8. The van der Waals surface area contributed by atoms with Crippen molar-refractivity contribution in [1.29, 1.82) is 0 Å². The molecule has 6 nitrogen and oxygen atoms in total. The molecule has 1 aliphatic rings. The van der Waals surface area contributed by atoms with Crippen molar-refractivity contribution in [2.45, 2.75) is 19.9 Å². The summed E-state index contributed by atoms with van der Waals surface area (Å²) in [6.45, 7) is 6.01. The SMILES string of the molecule is CCN(CC)[C@H](CNC(=O)CN1C(=O)c2ccccc2C1=O)c1ccccc1. The van der Waals surface area contributed by atoms with E-state index in [9.17, 15) is 14.4 Å². The number of amides is 3. The van der Waals surface area contributed by atoms with Crippen LogP contribution in [0.15, 0.2) is 54.6 Å². The van der Waals surface area contributed by atoms with Gasteiger partial charge in [0.25, 0.3) is 11.8 Å². The molecule has 0 fully saturated rings. The molecule has 1 atom stereocenters. The van der Waals surface area contributed by atoms with Gasteiger partial charge in [-0.3, -0.25) is 24.2 Å². The number of nitrogens with one attached hydrogen (secondary N) is 1. The number of nitrogens with zero attached hydrogens (tertiary/aromatic N) is 2. The zero-order valence-corrected chi connectivity index (χ0v) is 16.2. The number of carbonyl (C=O) groups is 3. The zero-order chi connectivity index (χ0) is 20.1. The Morgan fingerprint density at radius 2 is 1.46 bits per heavy atom.